The summed E-state index contributed by atoms with van der Waals surface area (Å²) in [7, 11) is 1.97. The molecule has 7 heteroatoms. The van der Waals surface area contributed by atoms with Crippen molar-refractivity contribution in [3.05, 3.63) is 47.8 Å². The molecule has 2 aromatic rings. The Balaban J connectivity index is 0.00000280. The molecular weight excluding hydrogens is 465 g/mol. The average Bonchev–Trinajstić information content (AvgIpc) is 3.27. The summed E-state index contributed by atoms with van der Waals surface area (Å²) < 4.78 is 7.89. The van der Waals surface area contributed by atoms with Gasteiger partial charge in [-0.25, -0.2) is 4.99 Å². The first-order valence-electron chi connectivity index (χ1n) is 9.80. The molecule has 1 aromatic heterocycles. The van der Waals surface area contributed by atoms with Gasteiger partial charge in [0.15, 0.2) is 5.96 Å². The van der Waals surface area contributed by atoms with Crippen LogP contribution in [-0.4, -0.2) is 52.9 Å². The summed E-state index contributed by atoms with van der Waals surface area (Å²) in [6, 6.07) is 8.15. The molecule has 0 radical (unpaired) electrons. The van der Waals surface area contributed by atoms with Gasteiger partial charge in [0.1, 0.15) is 11.9 Å². The van der Waals surface area contributed by atoms with Crippen LogP contribution in [0.5, 0.6) is 5.75 Å². The van der Waals surface area contributed by atoms with E-state index in [1.807, 2.05) is 30.1 Å². The Morgan fingerprint density at radius 1 is 1.43 bits per heavy atom. The lowest BCUT2D eigenvalue weighted by Crippen LogP contribution is -2.40. The van der Waals surface area contributed by atoms with Gasteiger partial charge in [-0.05, 0) is 50.5 Å². The smallest absolute Gasteiger partial charge is 0.194 e. The van der Waals surface area contributed by atoms with Gasteiger partial charge in [0.25, 0.3) is 0 Å². The zero-order valence-corrected chi connectivity index (χ0v) is 19.6. The highest BCUT2D eigenvalue weighted by Gasteiger charge is 2.27. The molecule has 2 atom stereocenters. The molecule has 28 heavy (non-hydrogen) atoms. The number of benzene rings is 1. The first-order valence-corrected chi connectivity index (χ1v) is 9.80. The highest BCUT2D eigenvalue weighted by atomic mass is 127. The van der Waals surface area contributed by atoms with Crippen LogP contribution >= 0.6 is 24.0 Å². The van der Waals surface area contributed by atoms with Gasteiger partial charge in [-0.3, -0.25) is 4.68 Å². The number of rotatable bonds is 6. The van der Waals surface area contributed by atoms with E-state index in [0.717, 1.165) is 37.8 Å². The summed E-state index contributed by atoms with van der Waals surface area (Å²) >= 11 is 0. The predicted octanol–water partition coefficient (Wildman–Crippen LogP) is 3.57. The summed E-state index contributed by atoms with van der Waals surface area (Å²) in [6.07, 6.45) is 5.26. The van der Waals surface area contributed by atoms with Gasteiger partial charge in [0.2, 0.25) is 0 Å². The Labute approximate surface area is 185 Å². The molecule has 154 valence electrons. The largest absolute Gasteiger partial charge is 0.489 e. The van der Waals surface area contributed by atoms with Gasteiger partial charge in [-0.2, -0.15) is 5.10 Å². The second kappa shape index (κ2) is 10.7. The van der Waals surface area contributed by atoms with E-state index in [1.54, 1.807) is 0 Å². The van der Waals surface area contributed by atoms with Gasteiger partial charge >= 0.3 is 0 Å². The van der Waals surface area contributed by atoms with Crippen molar-refractivity contribution in [1.82, 2.24) is 20.0 Å². The monoisotopic (exact) mass is 497 g/mol. The lowest BCUT2D eigenvalue weighted by atomic mass is 10.0. The van der Waals surface area contributed by atoms with Gasteiger partial charge in [-0.15, -0.1) is 24.0 Å². The number of ether oxygens (including phenoxy) is 1. The maximum Gasteiger partial charge on any atom is 0.194 e. The fraction of sp³-hybridized carbons (Fsp3) is 0.524. The zero-order chi connectivity index (χ0) is 19.2. The summed E-state index contributed by atoms with van der Waals surface area (Å²) in [5.74, 6) is 2.40. The molecule has 0 saturated carbocycles. The lowest BCUT2D eigenvalue weighted by molar-refractivity contribution is 0.229. The molecule has 1 saturated heterocycles. The average molecular weight is 497 g/mol. The van der Waals surface area contributed by atoms with Gasteiger partial charge in [0, 0.05) is 38.8 Å². The van der Waals surface area contributed by atoms with Gasteiger partial charge < -0.3 is 15.0 Å². The minimum absolute atomic E-state index is 0. The van der Waals surface area contributed by atoms with E-state index in [0.29, 0.717) is 12.5 Å². The molecule has 0 bridgehead atoms. The molecule has 1 aromatic carbocycles. The van der Waals surface area contributed by atoms with Crippen LogP contribution in [0.15, 0.2) is 41.7 Å². The first-order chi connectivity index (χ1) is 13.0. The maximum absolute atomic E-state index is 6.02. The third kappa shape index (κ3) is 6.12. The van der Waals surface area contributed by atoms with E-state index in [4.69, 9.17) is 9.73 Å². The number of nitrogens with one attached hydrogen (secondary N) is 1. The maximum atomic E-state index is 6.02. The van der Waals surface area contributed by atoms with E-state index in [1.165, 1.54) is 11.1 Å². The summed E-state index contributed by atoms with van der Waals surface area (Å²) in [6.45, 7) is 9.73. The topological polar surface area (TPSA) is 54.7 Å². The molecule has 6 nitrogen and oxygen atoms in total. The van der Waals surface area contributed by atoms with Crippen LogP contribution in [0.4, 0.5) is 0 Å². The number of aliphatic imine (C=N–C) groups is 1. The number of likely N-dealkylation sites (tertiary alicyclic amines) is 1. The molecule has 3 rings (SSSR count). The fourth-order valence-electron chi connectivity index (χ4n) is 3.47. The third-order valence-electron chi connectivity index (χ3n) is 4.84. The van der Waals surface area contributed by atoms with Crippen LogP contribution < -0.4 is 10.1 Å². The number of hydrogen-bond donors (Lipinski definition) is 1. The highest BCUT2D eigenvalue weighted by Crippen LogP contribution is 2.26. The van der Waals surface area contributed by atoms with E-state index >= 15 is 0 Å². The van der Waals surface area contributed by atoms with Crippen molar-refractivity contribution >= 4 is 29.9 Å². The molecule has 1 fully saturated rings. The molecule has 2 unspecified atom stereocenters. The molecule has 0 amide bonds. The lowest BCUT2D eigenvalue weighted by Gasteiger charge is -2.22. The SMILES string of the molecule is CCNC(=NCC(C)Oc1cccc(C)c1)N1CCC(c2cnn(C)c2)C1.I. The van der Waals surface area contributed by atoms with Crippen LogP contribution in [0.1, 0.15) is 37.3 Å². The molecule has 1 aliphatic heterocycles. The van der Waals surface area contributed by atoms with E-state index in [-0.39, 0.29) is 30.1 Å². The quantitative estimate of drug-likeness (QED) is 0.377. The normalized spacial score (nSPS) is 17.9. The number of guanidine groups is 1. The Kier molecular flexibility index (Phi) is 8.59. The Hall–Kier alpha value is -1.77. The fourth-order valence-corrected chi connectivity index (χ4v) is 3.47. The van der Waals surface area contributed by atoms with Crippen LogP contribution in [0.3, 0.4) is 0 Å². The van der Waals surface area contributed by atoms with Crippen molar-refractivity contribution < 1.29 is 4.74 Å². The number of hydrogen-bond acceptors (Lipinski definition) is 3. The Bertz CT molecular complexity index is 776. The molecule has 2 heterocycles. The predicted molar refractivity (Wildman–Crippen MR) is 125 cm³/mol. The standard InChI is InChI=1S/C21H31N5O.HI/c1-5-22-21(23-12-17(3)27-20-8-6-7-16(2)11-20)26-10-9-18(15-26)19-13-24-25(4)14-19;/h6-8,11,13-14,17-18H,5,9-10,12,15H2,1-4H3,(H,22,23);1H. The second-order valence-electron chi connectivity index (χ2n) is 7.32. The second-order valence-corrected chi connectivity index (χ2v) is 7.32. The number of aryl methyl sites for hydroxylation is 2. The van der Waals surface area contributed by atoms with Gasteiger partial charge in [0.05, 0.1) is 12.7 Å². The van der Waals surface area contributed by atoms with Crippen molar-refractivity contribution in [2.75, 3.05) is 26.2 Å². The van der Waals surface area contributed by atoms with Crippen molar-refractivity contribution in [2.24, 2.45) is 12.0 Å². The van der Waals surface area contributed by atoms with E-state index < -0.39 is 0 Å². The van der Waals surface area contributed by atoms with Crippen LogP contribution in [-0.2, 0) is 7.05 Å². The zero-order valence-electron chi connectivity index (χ0n) is 17.3. The van der Waals surface area contributed by atoms with E-state index in [9.17, 15) is 0 Å². The number of nitrogens with zero attached hydrogens (tertiary/aromatic N) is 4. The minimum atomic E-state index is 0. The van der Waals surface area contributed by atoms with Crippen molar-refractivity contribution in [2.45, 2.75) is 39.2 Å². The van der Waals surface area contributed by atoms with Gasteiger partial charge in [-0.1, -0.05) is 12.1 Å². The van der Waals surface area contributed by atoms with Crippen molar-refractivity contribution in [1.29, 1.82) is 0 Å². The van der Waals surface area contributed by atoms with Crippen molar-refractivity contribution in [3.63, 3.8) is 0 Å². The minimum Gasteiger partial charge on any atom is -0.489 e. The van der Waals surface area contributed by atoms with Crippen molar-refractivity contribution in [3.8, 4) is 5.75 Å². The summed E-state index contributed by atoms with van der Waals surface area (Å²) in [5.41, 5.74) is 2.52. The number of aromatic nitrogens is 2. The van der Waals surface area contributed by atoms with Crippen LogP contribution in [0, 0.1) is 6.92 Å². The first kappa shape index (κ1) is 22.5. The molecular formula is C21H32IN5O. The van der Waals surface area contributed by atoms with E-state index in [2.05, 4.69) is 54.4 Å². The third-order valence-corrected chi connectivity index (χ3v) is 4.84. The Morgan fingerprint density at radius 3 is 2.93 bits per heavy atom. The molecule has 1 N–H and O–H groups in total. The Morgan fingerprint density at radius 2 is 2.25 bits per heavy atom. The molecule has 0 aliphatic carbocycles. The highest BCUT2D eigenvalue weighted by molar-refractivity contribution is 14.0. The van der Waals surface area contributed by atoms with Crippen LogP contribution in [0.25, 0.3) is 0 Å². The molecule has 0 spiro atoms. The summed E-state index contributed by atoms with van der Waals surface area (Å²) in [4.78, 5) is 7.18. The van der Waals surface area contributed by atoms with Crippen LogP contribution in [0.2, 0.25) is 0 Å². The summed E-state index contributed by atoms with van der Waals surface area (Å²) in [5, 5.41) is 7.74. The molecule has 1 aliphatic rings. The number of halogens is 1.